The normalized spacial score (nSPS) is 21.2. The summed E-state index contributed by atoms with van der Waals surface area (Å²) in [5, 5.41) is 3.33. The van der Waals surface area contributed by atoms with E-state index in [-0.39, 0.29) is 18.1 Å². The van der Waals surface area contributed by atoms with E-state index in [9.17, 15) is 4.79 Å². The molecule has 0 bridgehead atoms. The molecule has 1 aromatic heterocycles. The Morgan fingerprint density at radius 2 is 2.53 bits per heavy atom. The summed E-state index contributed by atoms with van der Waals surface area (Å²) in [5.74, 6) is 0.0698. The molecule has 5 nitrogen and oxygen atoms in total. The highest BCUT2D eigenvalue weighted by Gasteiger charge is 2.31. The molecule has 0 saturated carbocycles. The van der Waals surface area contributed by atoms with E-state index < -0.39 is 0 Å². The fourth-order valence-corrected chi connectivity index (χ4v) is 2.47. The van der Waals surface area contributed by atoms with E-state index in [1.54, 1.807) is 13.3 Å². The van der Waals surface area contributed by atoms with Gasteiger partial charge in [-0.25, -0.2) is 0 Å². The van der Waals surface area contributed by atoms with Crippen molar-refractivity contribution in [1.29, 1.82) is 0 Å². The lowest BCUT2D eigenvalue weighted by Crippen LogP contribution is -2.51. The van der Waals surface area contributed by atoms with E-state index >= 15 is 0 Å². The zero-order chi connectivity index (χ0) is 13.7. The second kappa shape index (κ2) is 6.63. The Hall–Kier alpha value is -1.46. The largest absolute Gasteiger partial charge is 0.372 e. The van der Waals surface area contributed by atoms with Crippen LogP contribution in [-0.2, 0) is 9.53 Å². The van der Waals surface area contributed by atoms with Crippen LogP contribution in [0.15, 0.2) is 24.5 Å². The fourth-order valence-electron chi connectivity index (χ4n) is 2.47. The van der Waals surface area contributed by atoms with E-state index in [0.717, 1.165) is 18.7 Å². The van der Waals surface area contributed by atoms with Gasteiger partial charge in [0.25, 0.3) is 5.91 Å². The van der Waals surface area contributed by atoms with Crippen LogP contribution in [0.4, 0.5) is 0 Å². The van der Waals surface area contributed by atoms with Crippen LogP contribution in [0, 0.1) is 0 Å². The predicted octanol–water partition coefficient (Wildman–Crippen LogP) is 0.979. The summed E-state index contributed by atoms with van der Waals surface area (Å²) in [5.41, 5.74) is 1.06. The van der Waals surface area contributed by atoms with Gasteiger partial charge in [-0.1, -0.05) is 13.0 Å². The van der Waals surface area contributed by atoms with Crippen LogP contribution in [0.2, 0.25) is 0 Å². The summed E-state index contributed by atoms with van der Waals surface area (Å²) in [6, 6.07) is 3.96. The molecule has 0 aliphatic carbocycles. The summed E-state index contributed by atoms with van der Waals surface area (Å²) in [7, 11) is 1.59. The van der Waals surface area contributed by atoms with Gasteiger partial charge >= 0.3 is 0 Å². The molecule has 2 atom stereocenters. The molecule has 1 aliphatic rings. The van der Waals surface area contributed by atoms with E-state index in [4.69, 9.17) is 4.74 Å². The molecule has 104 valence electrons. The zero-order valence-corrected chi connectivity index (χ0v) is 11.5. The number of amides is 1. The van der Waals surface area contributed by atoms with Crippen LogP contribution in [0.25, 0.3) is 0 Å². The first-order valence-corrected chi connectivity index (χ1v) is 6.71. The van der Waals surface area contributed by atoms with Crippen LogP contribution < -0.4 is 5.32 Å². The number of rotatable bonds is 4. The first kappa shape index (κ1) is 14.0. The van der Waals surface area contributed by atoms with E-state index in [0.29, 0.717) is 13.0 Å². The van der Waals surface area contributed by atoms with E-state index in [1.807, 2.05) is 30.2 Å². The van der Waals surface area contributed by atoms with Crippen LogP contribution in [0.5, 0.6) is 0 Å². The topological polar surface area (TPSA) is 54.5 Å². The average Bonchev–Trinajstić information content (AvgIpc) is 2.49. The monoisotopic (exact) mass is 263 g/mol. The van der Waals surface area contributed by atoms with Crippen LogP contribution in [-0.4, -0.2) is 48.6 Å². The molecule has 5 heteroatoms. The van der Waals surface area contributed by atoms with E-state index in [1.165, 1.54) is 0 Å². The van der Waals surface area contributed by atoms with Crippen molar-refractivity contribution >= 4 is 5.91 Å². The van der Waals surface area contributed by atoms with Crippen molar-refractivity contribution in [3.63, 3.8) is 0 Å². The Morgan fingerprint density at radius 1 is 1.68 bits per heavy atom. The van der Waals surface area contributed by atoms with Gasteiger partial charge in [0.2, 0.25) is 0 Å². The number of aromatic nitrogens is 1. The van der Waals surface area contributed by atoms with Gasteiger partial charge in [0.05, 0.1) is 6.04 Å². The lowest BCUT2D eigenvalue weighted by molar-refractivity contribution is -0.145. The Morgan fingerprint density at radius 3 is 3.16 bits per heavy atom. The quantitative estimate of drug-likeness (QED) is 0.880. The molecule has 1 aliphatic heterocycles. The predicted molar refractivity (Wildman–Crippen MR) is 72.6 cm³/mol. The third-order valence-electron chi connectivity index (χ3n) is 3.53. The molecule has 2 unspecified atom stereocenters. The average molecular weight is 263 g/mol. The second-order valence-electron chi connectivity index (χ2n) is 4.67. The molecule has 2 rings (SSSR count). The first-order chi connectivity index (χ1) is 9.27. The standard InChI is InChI=1S/C14H21N3O2/c1-3-13(19-2)14(18)17-8-7-16-10-12(17)11-5-4-6-15-9-11/h4-6,9,12-13,16H,3,7-8,10H2,1-2H3. The maximum absolute atomic E-state index is 12.5. The molecule has 19 heavy (non-hydrogen) atoms. The minimum atomic E-state index is -0.350. The maximum atomic E-state index is 12.5. The molecule has 0 spiro atoms. The Kier molecular flexibility index (Phi) is 4.87. The number of nitrogens with zero attached hydrogens (tertiary/aromatic N) is 2. The number of ether oxygens (including phenoxy) is 1. The first-order valence-electron chi connectivity index (χ1n) is 6.71. The van der Waals surface area contributed by atoms with Crippen molar-refractivity contribution in [2.45, 2.75) is 25.5 Å². The zero-order valence-electron chi connectivity index (χ0n) is 11.5. The Balaban J connectivity index is 2.19. The number of hydrogen-bond donors (Lipinski definition) is 1. The number of hydrogen-bond acceptors (Lipinski definition) is 4. The smallest absolute Gasteiger partial charge is 0.252 e. The lowest BCUT2D eigenvalue weighted by Gasteiger charge is -2.38. The number of pyridine rings is 1. The van der Waals surface area contributed by atoms with Gasteiger partial charge in [0.15, 0.2) is 0 Å². The molecule has 1 N–H and O–H groups in total. The summed E-state index contributed by atoms with van der Waals surface area (Å²) < 4.78 is 5.27. The number of methoxy groups -OCH3 is 1. The second-order valence-corrected chi connectivity index (χ2v) is 4.67. The molecule has 0 radical (unpaired) electrons. The summed E-state index contributed by atoms with van der Waals surface area (Å²) in [6.07, 6.45) is 3.91. The van der Waals surface area contributed by atoms with Crippen molar-refractivity contribution < 1.29 is 9.53 Å². The Bertz CT molecular complexity index is 406. The highest BCUT2D eigenvalue weighted by molar-refractivity contribution is 5.81. The fraction of sp³-hybridized carbons (Fsp3) is 0.571. The molecular formula is C14H21N3O2. The van der Waals surface area contributed by atoms with Gasteiger partial charge in [-0.2, -0.15) is 0 Å². The third-order valence-corrected chi connectivity index (χ3v) is 3.53. The van der Waals surface area contributed by atoms with Gasteiger partial charge in [0.1, 0.15) is 6.10 Å². The minimum Gasteiger partial charge on any atom is -0.372 e. The molecule has 1 saturated heterocycles. The van der Waals surface area contributed by atoms with Crippen molar-refractivity contribution in [2.24, 2.45) is 0 Å². The summed E-state index contributed by atoms with van der Waals surface area (Å²) >= 11 is 0. The molecule has 1 fully saturated rings. The maximum Gasteiger partial charge on any atom is 0.252 e. The molecule has 1 aromatic rings. The highest BCUT2D eigenvalue weighted by Crippen LogP contribution is 2.23. The van der Waals surface area contributed by atoms with Crippen molar-refractivity contribution in [1.82, 2.24) is 15.2 Å². The number of carbonyl (C=O) groups is 1. The molecular weight excluding hydrogens is 242 g/mol. The van der Waals surface area contributed by atoms with Crippen LogP contribution in [0.3, 0.4) is 0 Å². The van der Waals surface area contributed by atoms with Crippen LogP contribution >= 0.6 is 0 Å². The minimum absolute atomic E-state index is 0.0409. The number of piperazine rings is 1. The number of carbonyl (C=O) groups excluding carboxylic acids is 1. The Labute approximate surface area is 114 Å². The van der Waals surface area contributed by atoms with Gasteiger partial charge in [-0.15, -0.1) is 0 Å². The molecule has 2 heterocycles. The van der Waals surface area contributed by atoms with Crippen molar-refractivity contribution in [3.8, 4) is 0 Å². The lowest BCUT2D eigenvalue weighted by atomic mass is 10.0. The van der Waals surface area contributed by atoms with Gasteiger partial charge < -0.3 is 15.0 Å². The highest BCUT2D eigenvalue weighted by atomic mass is 16.5. The van der Waals surface area contributed by atoms with Crippen LogP contribution in [0.1, 0.15) is 24.9 Å². The molecule has 1 amide bonds. The SMILES string of the molecule is CCC(OC)C(=O)N1CCNCC1c1cccnc1. The van der Waals surface area contributed by atoms with Gasteiger partial charge in [-0.05, 0) is 18.1 Å². The van der Waals surface area contributed by atoms with Crippen molar-refractivity contribution in [3.05, 3.63) is 30.1 Å². The van der Waals surface area contributed by atoms with Gasteiger partial charge in [-0.3, -0.25) is 9.78 Å². The number of nitrogens with one attached hydrogen (secondary N) is 1. The van der Waals surface area contributed by atoms with Gasteiger partial charge in [0, 0.05) is 39.1 Å². The summed E-state index contributed by atoms with van der Waals surface area (Å²) in [6.45, 7) is 4.26. The molecule has 0 aromatic carbocycles. The van der Waals surface area contributed by atoms with E-state index in [2.05, 4.69) is 10.3 Å². The third kappa shape index (κ3) is 3.11. The summed E-state index contributed by atoms with van der Waals surface area (Å²) in [4.78, 5) is 18.5. The van der Waals surface area contributed by atoms with Crippen molar-refractivity contribution in [2.75, 3.05) is 26.7 Å².